The monoisotopic (exact) mass is 240 g/mol. The van der Waals surface area contributed by atoms with Gasteiger partial charge in [-0.15, -0.1) is 0 Å². The molecule has 1 aliphatic rings. The molecular formula is C10H19F3N2O. The molecule has 0 radical (unpaired) electrons. The van der Waals surface area contributed by atoms with Crippen LogP contribution in [0.4, 0.5) is 13.2 Å². The van der Waals surface area contributed by atoms with Gasteiger partial charge in [-0.2, -0.15) is 13.2 Å². The van der Waals surface area contributed by atoms with Crippen molar-refractivity contribution in [3.05, 3.63) is 0 Å². The second kappa shape index (κ2) is 4.89. The minimum atomic E-state index is -4.22. The van der Waals surface area contributed by atoms with E-state index in [4.69, 9.17) is 10.5 Å². The molecule has 2 N–H and O–H groups in total. The van der Waals surface area contributed by atoms with Crippen molar-refractivity contribution in [1.82, 2.24) is 4.90 Å². The Morgan fingerprint density at radius 1 is 1.44 bits per heavy atom. The number of hydrogen-bond acceptors (Lipinski definition) is 3. The van der Waals surface area contributed by atoms with Crippen molar-refractivity contribution < 1.29 is 17.9 Å². The summed E-state index contributed by atoms with van der Waals surface area (Å²) < 4.78 is 43.0. The molecule has 1 fully saturated rings. The fourth-order valence-corrected chi connectivity index (χ4v) is 1.81. The zero-order valence-corrected chi connectivity index (χ0v) is 9.68. The van der Waals surface area contributed by atoms with E-state index >= 15 is 0 Å². The molecule has 0 amide bonds. The third-order valence-electron chi connectivity index (χ3n) is 3.01. The van der Waals surface area contributed by atoms with Crippen molar-refractivity contribution in [3.63, 3.8) is 0 Å². The van der Waals surface area contributed by atoms with Gasteiger partial charge >= 0.3 is 6.18 Å². The lowest BCUT2D eigenvalue weighted by molar-refractivity contribution is -0.184. The highest BCUT2D eigenvalue weighted by molar-refractivity contribution is 4.87. The van der Waals surface area contributed by atoms with Crippen LogP contribution >= 0.6 is 0 Å². The third kappa shape index (κ3) is 3.33. The van der Waals surface area contributed by atoms with E-state index < -0.39 is 12.1 Å². The largest absolute Gasteiger partial charge is 0.394 e. The summed E-state index contributed by atoms with van der Waals surface area (Å²) in [5.41, 5.74) is 4.84. The van der Waals surface area contributed by atoms with E-state index in [0.29, 0.717) is 19.8 Å². The van der Waals surface area contributed by atoms with Crippen LogP contribution in [0.3, 0.4) is 0 Å². The number of alkyl halides is 3. The van der Waals surface area contributed by atoms with Crippen molar-refractivity contribution in [1.29, 1.82) is 0 Å². The van der Waals surface area contributed by atoms with E-state index in [1.165, 1.54) is 0 Å². The van der Waals surface area contributed by atoms with Gasteiger partial charge in [0.2, 0.25) is 0 Å². The van der Waals surface area contributed by atoms with Crippen LogP contribution < -0.4 is 5.73 Å². The Labute approximate surface area is 93.7 Å². The number of morpholine rings is 1. The topological polar surface area (TPSA) is 38.5 Å². The summed E-state index contributed by atoms with van der Waals surface area (Å²) in [6, 6.07) is 0. The van der Waals surface area contributed by atoms with Crippen LogP contribution in [0.15, 0.2) is 0 Å². The number of nitrogens with zero attached hydrogens (tertiary/aromatic N) is 1. The lowest BCUT2D eigenvalue weighted by atomic mass is 9.99. The Morgan fingerprint density at radius 3 is 2.50 bits per heavy atom. The summed E-state index contributed by atoms with van der Waals surface area (Å²) in [6.45, 7) is 4.83. The van der Waals surface area contributed by atoms with Crippen LogP contribution in [-0.4, -0.2) is 49.5 Å². The SMILES string of the molecule is CC1(C)COCCN1CC(CN)C(F)(F)F. The van der Waals surface area contributed by atoms with E-state index in [9.17, 15) is 13.2 Å². The molecule has 0 spiro atoms. The van der Waals surface area contributed by atoms with Gasteiger partial charge in [-0.25, -0.2) is 0 Å². The van der Waals surface area contributed by atoms with Crippen LogP contribution in [0.1, 0.15) is 13.8 Å². The smallest absolute Gasteiger partial charge is 0.378 e. The fourth-order valence-electron chi connectivity index (χ4n) is 1.81. The van der Waals surface area contributed by atoms with Crippen molar-refractivity contribution in [2.24, 2.45) is 11.7 Å². The Bertz CT molecular complexity index is 231. The first-order valence-electron chi connectivity index (χ1n) is 5.37. The van der Waals surface area contributed by atoms with Crippen LogP contribution in [0.25, 0.3) is 0 Å². The minimum Gasteiger partial charge on any atom is -0.378 e. The van der Waals surface area contributed by atoms with Gasteiger partial charge < -0.3 is 10.5 Å². The van der Waals surface area contributed by atoms with Gasteiger partial charge in [0, 0.05) is 25.2 Å². The van der Waals surface area contributed by atoms with Crippen LogP contribution in [-0.2, 0) is 4.74 Å². The molecule has 0 aromatic rings. The van der Waals surface area contributed by atoms with Gasteiger partial charge in [-0.05, 0) is 13.8 Å². The molecular weight excluding hydrogens is 221 g/mol. The first-order chi connectivity index (χ1) is 7.27. The number of ether oxygens (including phenoxy) is 1. The molecule has 0 bridgehead atoms. The van der Waals surface area contributed by atoms with Crippen molar-refractivity contribution in [2.75, 3.05) is 32.8 Å². The molecule has 16 heavy (non-hydrogen) atoms. The molecule has 0 aromatic heterocycles. The van der Waals surface area contributed by atoms with Gasteiger partial charge in [0.05, 0.1) is 19.1 Å². The predicted molar refractivity (Wildman–Crippen MR) is 55.1 cm³/mol. The standard InChI is InChI=1S/C10H19F3N2O/c1-9(2)7-16-4-3-15(9)6-8(5-14)10(11,12)13/h8H,3-7,14H2,1-2H3. The van der Waals surface area contributed by atoms with Crippen molar-refractivity contribution in [3.8, 4) is 0 Å². The molecule has 6 heteroatoms. The lowest BCUT2D eigenvalue weighted by Crippen LogP contribution is -2.56. The highest BCUT2D eigenvalue weighted by Gasteiger charge is 2.42. The zero-order chi connectivity index (χ0) is 12.4. The normalized spacial score (nSPS) is 24.4. The number of nitrogens with two attached hydrogens (primary N) is 1. The Balaban J connectivity index is 2.63. The highest BCUT2D eigenvalue weighted by atomic mass is 19.4. The van der Waals surface area contributed by atoms with Gasteiger partial charge in [0.1, 0.15) is 0 Å². The average Bonchev–Trinajstić information content (AvgIpc) is 2.13. The molecule has 0 aliphatic carbocycles. The van der Waals surface area contributed by atoms with Gasteiger partial charge in [-0.1, -0.05) is 0 Å². The van der Waals surface area contributed by atoms with Crippen LogP contribution in [0.2, 0.25) is 0 Å². The van der Waals surface area contributed by atoms with E-state index in [1.54, 1.807) is 0 Å². The quantitative estimate of drug-likeness (QED) is 0.806. The predicted octanol–water partition coefficient (Wildman–Crippen LogP) is 1.23. The van der Waals surface area contributed by atoms with Crippen LogP contribution in [0.5, 0.6) is 0 Å². The van der Waals surface area contributed by atoms with Crippen LogP contribution in [0, 0.1) is 5.92 Å². The van der Waals surface area contributed by atoms with Crippen molar-refractivity contribution >= 4 is 0 Å². The first-order valence-corrected chi connectivity index (χ1v) is 5.37. The maximum absolute atomic E-state index is 12.6. The molecule has 3 nitrogen and oxygen atoms in total. The van der Waals surface area contributed by atoms with E-state index in [-0.39, 0.29) is 18.6 Å². The second-order valence-electron chi connectivity index (χ2n) is 4.79. The third-order valence-corrected chi connectivity index (χ3v) is 3.01. The highest BCUT2D eigenvalue weighted by Crippen LogP contribution is 2.29. The van der Waals surface area contributed by atoms with Crippen molar-refractivity contribution in [2.45, 2.75) is 25.6 Å². The fraction of sp³-hybridized carbons (Fsp3) is 1.00. The molecule has 0 saturated carbocycles. The molecule has 96 valence electrons. The van der Waals surface area contributed by atoms with Gasteiger partial charge in [0.25, 0.3) is 0 Å². The summed E-state index contributed by atoms with van der Waals surface area (Å²) in [4.78, 5) is 1.81. The Kier molecular flexibility index (Phi) is 4.20. The summed E-state index contributed by atoms with van der Waals surface area (Å²) >= 11 is 0. The average molecular weight is 240 g/mol. The maximum Gasteiger partial charge on any atom is 0.394 e. The molecule has 0 aromatic carbocycles. The molecule has 1 aliphatic heterocycles. The lowest BCUT2D eigenvalue weighted by Gasteiger charge is -2.43. The second-order valence-corrected chi connectivity index (χ2v) is 4.79. The minimum absolute atomic E-state index is 0.0453. The molecule has 1 atom stereocenters. The Hall–Kier alpha value is -0.330. The number of rotatable bonds is 3. The number of hydrogen-bond donors (Lipinski definition) is 1. The molecule has 1 unspecified atom stereocenters. The summed E-state index contributed by atoms with van der Waals surface area (Å²) in [6.07, 6.45) is -4.22. The van der Waals surface area contributed by atoms with E-state index in [2.05, 4.69) is 0 Å². The summed E-state index contributed by atoms with van der Waals surface area (Å²) in [7, 11) is 0. The maximum atomic E-state index is 12.6. The van der Waals surface area contributed by atoms with E-state index in [1.807, 2.05) is 18.7 Å². The summed E-state index contributed by atoms with van der Waals surface area (Å²) in [5.74, 6) is -1.45. The molecule has 1 saturated heterocycles. The molecule has 1 heterocycles. The molecule has 1 rings (SSSR count). The zero-order valence-electron chi connectivity index (χ0n) is 9.68. The van der Waals surface area contributed by atoms with Gasteiger partial charge in [0.15, 0.2) is 0 Å². The van der Waals surface area contributed by atoms with E-state index in [0.717, 1.165) is 0 Å². The van der Waals surface area contributed by atoms with Gasteiger partial charge in [-0.3, -0.25) is 4.90 Å². The first kappa shape index (κ1) is 13.7. The Morgan fingerprint density at radius 2 is 2.06 bits per heavy atom. The summed E-state index contributed by atoms with van der Waals surface area (Å²) in [5, 5.41) is 0. The number of halogens is 3.